The number of aromatic nitrogens is 3. The molecule has 1 atom stereocenters. The first-order valence-electron chi connectivity index (χ1n) is 16.9. The normalized spacial score (nSPS) is 20.5. The number of nitrogens with zero attached hydrogens (tertiary/aromatic N) is 6. The van der Waals surface area contributed by atoms with E-state index in [0.717, 1.165) is 23.2 Å². The Morgan fingerprint density at radius 1 is 1.08 bits per heavy atom. The molecule has 268 valence electrons. The molecule has 1 spiro atoms. The van der Waals surface area contributed by atoms with Gasteiger partial charge in [0.25, 0.3) is 0 Å². The van der Waals surface area contributed by atoms with Crippen molar-refractivity contribution < 1.29 is 36.6 Å². The lowest BCUT2D eigenvalue weighted by Gasteiger charge is -2.61. The minimum atomic E-state index is -2.75. The van der Waals surface area contributed by atoms with Gasteiger partial charge < -0.3 is 24.2 Å². The zero-order valence-electron chi connectivity index (χ0n) is 28.1. The first kappa shape index (κ1) is 33.6. The monoisotopic (exact) mass is 724 g/mol. The summed E-state index contributed by atoms with van der Waals surface area (Å²) in [6.45, 7) is 8.85. The molecule has 10 nitrogen and oxygen atoms in total. The number of benzene rings is 1. The predicted octanol–water partition coefficient (Wildman–Crippen LogP) is 5.91. The van der Waals surface area contributed by atoms with Gasteiger partial charge in [0.05, 0.1) is 30.5 Å². The summed E-state index contributed by atoms with van der Waals surface area (Å²) in [5, 5.41) is 7.57. The van der Waals surface area contributed by atoms with Crippen molar-refractivity contribution in [1.82, 2.24) is 24.6 Å². The summed E-state index contributed by atoms with van der Waals surface area (Å²) in [4.78, 5) is 36.1. The SMILES string of the molecule is C=CC(=O)N1CCn2nc(-c3nc(N4CC5(CN(C(=O)C6CC(F)(F)C6)C5)C4)c4ccsc4c3-c3c(F)cc(F)cc3OCCOC)cc2C1C. The van der Waals surface area contributed by atoms with Gasteiger partial charge in [0.15, 0.2) is 0 Å². The number of ether oxygens (including phenoxy) is 2. The Hall–Kier alpha value is -4.50. The molecule has 2 amide bonds. The molecular formula is C36H36F4N6O4S. The molecule has 0 bridgehead atoms. The van der Waals surface area contributed by atoms with Gasteiger partial charge in [-0.15, -0.1) is 11.3 Å². The maximum atomic E-state index is 16.1. The van der Waals surface area contributed by atoms with Crippen molar-refractivity contribution in [2.75, 3.05) is 57.9 Å². The number of pyridine rings is 1. The number of halogens is 4. The molecule has 0 radical (unpaired) electrons. The number of fused-ring (bicyclic) bond motifs is 2. The second-order valence-corrected chi connectivity index (χ2v) is 14.9. The van der Waals surface area contributed by atoms with E-state index in [1.165, 1.54) is 24.5 Å². The Bertz CT molecular complexity index is 2060. The summed E-state index contributed by atoms with van der Waals surface area (Å²) in [5.74, 6) is -4.72. The molecule has 3 aliphatic heterocycles. The Balaban J connectivity index is 1.19. The number of hydrogen-bond acceptors (Lipinski definition) is 8. The summed E-state index contributed by atoms with van der Waals surface area (Å²) in [6.07, 6.45) is 0.512. The number of amides is 2. The Kier molecular flexibility index (Phi) is 8.13. The molecule has 4 aromatic rings. The number of anilines is 1. The second-order valence-electron chi connectivity index (χ2n) is 14.0. The van der Waals surface area contributed by atoms with E-state index in [9.17, 15) is 22.8 Å². The quantitative estimate of drug-likeness (QED) is 0.120. The summed E-state index contributed by atoms with van der Waals surface area (Å²) in [7, 11) is 1.51. The van der Waals surface area contributed by atoms with Crippen molar-refractivity contribution in [1.29, 1.82) is 0 Å². The first-order valence-corrected chi connectivity index (χ1v) is 17.7. The maximum Gasteiger partial charge on any atom is 0.249 e. The van der Waals surface area contributed by atoms with Crippen LogP contribution in [0.3, 0.4) is 0 Å². The van der Waals surface area contributed by atoms with E-state index in [1.807, 2.05) is 29.1 Å². The van der Waals surface area contributed by atoms with E-state index in [1.54, 1.807) is 9.80 Å². The lowest BCUT2D eigenvalue weighted by Crippen LogP contribution is -2.74. The molecule has 3 fully saturated rings. The lowest BCUT2D eigenvalue weighted by atomic mass is 9.71. The molecule has 1 unspecified atom stereocenters. The van der Waals surface area contributed by atoms with Crippen LogP contribution in [-0.4, -0.2) is 95.3 Å². The summed E-state index contributed by atoms with van der Waals surface area (Å²) in [6, 6.07) is 5.42. The highest BCUT2D eigenvalue weighted by atomic mass is 32.1. The molecule has 4 aliphatic rings. The number of carbonyl (C=O) groups excluding carboxylic acids is 2. The molecule has 2 saturated heterocycles. The molecule has 3 aromatic heterocycles. The molecule has 51 heavy (non-hydrogen) atoms. The Morgan fingerprint density at radius 2 is 1.84 bits per heavy atom. The smallest absolute Gasteiger partial charge is 0.249 e. The summed E-state index contributed by atoms with van der Waals surface area (Å²) in [5.41, 5.74) is 1.88. The first-order chi connectivity index (χ1) is 24.4. The molecule has 6 heterocycles. The molecule has 8 rings (SSSR count). The van der Waals surface area contributed by atoms with Gasteiger partial charge in [-0.05, 0) is 30.5 Å². The molecule has 0 N–H and O–H groups in total. The topological polar surface area (TPSA) is 93.0 Å². The van der Waals surface area contributed by atoms with Gasteiger partial charge in [-0.1, -0.05) is 6.58 Å². The Morgan fingerprint density at radius 3 is 2.55 bits per heavy atom. The van der Waals surface area contributed by atoms with Crippen molar-refractivity contribution in [3.05, 3.63) is 59.6 Å². The zero-order chi connectivity index (χ0) is 35.8. The van der Waals surface area contributed by atoms with Crippen LogP contribution in [0.2, 0.25) is 0 Å². The summed E-state index contributed by atoms with van der Waals surface area (Å²) >= 11 is 1.39. The standard InChI is InChI=1S/C36H36F4N6O4S/c1-4-28(47)45-6-7-46-26(20(45)2)13-25(42-46)31-30(29-24(38)11-22(37)12-27(29)50-9-8-49-3)32-23(5-10-51-32)33(41-31)43-16-35(17-43)18-44(19-35)34(48)21-14-36(39,40)15-21/h4-5,10-13,20-21H,1,6-9,14-19H2,2-3H3. The van der Waals surface area contributed by atoms with Crippen molar-refractivity contribution in [2.24, 2.45) is 11.3 Å². The average Bonchev–Trinajstić information content (AvgIpc) is 3.71. The van der Waals surface area contributed by atoms with Crippen LogP contribution in [-0.2, 0) is 20.9 Å². The van der Waals surface area contributed by atoms with E-state index in [4.69, 9.17) is 19.6 Å². The largest absolute Gasteiger partial charge is 0.490 e. The van der Waals surface area contributed by atoms with Gasteiger partial charge in [-0.2, -0.15) is 5.10 Å². The van der Waals surface area contributed by atoms with Gasteiger partial charge in [-0.3, -0.25) is 14.3 Å². The van der Waals surface area contributed by atoms with Gasteiger partial charge in [-0.25, -0.2) is 22.5 Å². The number of thiophene rings is 1. The van der Waals surface area contributed by atoms with Gasteiger partial charge in [0.2, 0.25) is 17.7 Å². The minimum absolute atomic E-state index is 0.00139. The van der Waals surface area contributed by atoms with E-state index in [2.05, 4.69) is 11.5 Å². The lowest BCUT2D eigenvalue weighted by molar-refractivity contribution is -0.171. The molecule has 1 aromatic carbocycles. The number of alkyl halides is 2. The minimum Gasteiger partial charge on any atom is -0.490 e. The van der Waals surface area contributed by atoms with Crippen LogP contribution < -0.4 is 9.64 Å². The maximum absolute atomic E-state index is 16.1. The fourth-order valence-electron chi connectivity index (χ4n) is 7.97. The fraction of sp³-hybridized carbons (Fsp3) is 0.444. The third-order valence-electron chi connectivity index (χ3n) is 10.5. The second kappa shape index (κ2) is 12.3. The number of methoxy groups -OCH3 is 1. The average molecular weight is 725 g/mol. The number of carbonyl (C=O) groups is 2. The molecule has 1 saturated carbocycles. The van der Waals surface area contributed by atoms with Crippen LogP contribution in [0, 0.1) is 23.0 Å². The van der Waals surface area contributed by atoms with E-state index >= 15 is 4.39 Å². The van der Waals surface area contributed by atoms with Gasteiger partial charge in [0, 0.05) is 91.8 Å². The van der Waals surface area contributed by atoms with Crippen molar-refractivity contribution in [3.8, 4) is 28.3 Å². The number of likely N-dealkylation sites (tertiary alicyclic amines) is 1. The third-order valence-corrected chi connectivity index (χ3v) is 11.4. The van der Waals surface area contributed by atoms with Crippen LogP contribution in [0.5, 0.6) is 5.75 Å². The van der Waals surface area contributed by atoms with Crippen LogP contribution in [0.25, 0.3) is 32.6 Å². The van der Waals surface area contributed by atoms with Crippen LogP contribution in [0.4, 0.5) is 23.4 Å². The van der Waals surface area contributed by atoms with Crippen LogP contribution in [0.15, 0.2) is 42.3 Å². The van der Waals surface area contributed by atoms with Crippen LogP contribution >= 0.6 is 11.3 Å². The highest BCUT2D eigenvalue weighted by Gasteiger charge is 2.57. The third kappa shape index (κ3) is 5.64. The molecule has 15 heteroatoms. The zero-order valence-corrected chi connectivity index (χ0v) is 28.9. The van der Waals surface area contributed by atoms with Crippen molar-refractivity contribution >= 4 is 39.1 Å². The molecular weight excluding hydrogens is 688 g/mol. The Labute approximate surface area is 295 Å². The van der Waals surface area contributed by atoms with E-state index in [0.29, 0.717) is 66.7 Å². The van der Waals surface area contributed by atoms with E-state index < -0.39 is 23.5 Å². The highest BCUT2D eigenvalue weighted by molar-refractivity contribution is 7.18. The predicted molar refractivity (Wildman–Crippen MR) is 183 cm³/mol. The van der Waals surface area contributed by atoms with Gasteiger partial charge in [0.1, 0.15) is 41.2 Å². The van der Waals surface area contributed by atoms with Gasteiger partial charge >= 0.3 is 0 Å². The van der Waals surface area contributed by atoms with E-state index in [-0.39, 0.29) is 60.6 Å². The van der Waals surface area contributed by atoms with Crippen LogP contribution in [0.1, 0.15) is 31.5 Å². The number of hydrogen-bond donors (Lipinski definition) is 0. The summed E-state index contributed by atoms with van der Waals surface area (Å²) < 4.78 is 71.1. The highest BCUT2D eigenvalue weighted by Crippen LogP contribution is 2.51. The number of rotatable bonds is 9. The van der Waals surface area contributed by atoms with Crippen molar-refractivity contribution in [3.63, 3.8) is 0 Å². The fourth-order valence-corrected chi connectivity index (χ4v) is 8.91. The molecule has 1 aliphatic carbocycles. The van der Waals surface area contributed by atoms with Crippen molar-refractivity contribution in [2.45, 2.75) is 38.3 Å².